The molecule has 1 atom stereocenters. The molecule has 0 amide bonds. The second-order valence-electron chi connectivity index (χ2n) is 3.89. The van der Waals surface area contributed by atoms with Crippen molar-refractivity contribution in [2.45, 2.75) is 51.5 Å². The molecule has 0 aliphatic heterocycles. The van der Waals surface area contributed by atoms with Gasteiger partial charge in [0.05, 0.1) is 5.25 Å². The van der Waals surface area contributed by atoms with Crippen molar-refractivity contribution >= 4 is 17.5 Å². The van der Waals surface area contributed by atoms with E-state index in [4.69, 9.17) is 0 Å². The van der Waals surface area contributed by atoms with E-state index in [1.165, 1.54) is 0 Å². The highest BCUT2D eigenvalue weighted by Gasteiger charge is 2.15. The van der Waals surface area contributed by atoms with Crippen molar-refractivity contribution in [3.63, 3.8) is 0 Å². The van der Waals surface area contributed by atoms with Gasteiger partial charge in [-0.1, -0.05) is 27.7 Å². The van der Waals surface area contributed by atoms with Crippen LogP contribution in [-0.4, -0.2) is 16.3 Å². The summed E-state index contributed by atoms with van der Waals surface area (Å²) in [4.78, 5) is 11.5. The standard InChI is InChI=1S/C10H20OS/c1-7(2)6-10(11)9(5)12-8(3)4/h7-9H,6H2,1-5H3. The molecule has 0 aliphatic rings. The molecule has 0 saturated carbocycles. The quantitative estimate of drug-likeness (QED) is 0.659. The van der Waals surface area contributed by atoms with Gasteiger partial charge in [-0.05, 0) is 18.1 Å². The number of hydrogen-bond donors (Lipinski definition) is 0. The second kappa shape index (κ2) is 5.63. The second-order valence-corrected chi connectivity index (χ2v) is 5.81. The predicted molar refractivity (Wildman–Crippen MR) is 56.7 cm³/mol. The molecule has 0 radical (unpaired) electrons. The van der Waals surface area contributed by atoms with Crippen LogP contribution in [0.15, 0.2) is 0 Å². The van der Waals surface area contributed by atoms with Crippen molar-refractivity contribution < 1.29 is 4.79 Å². The molecule has 1 nitrogen and oxygen atoms in total. The Balaban J connectivity index is 3.77. The minimum Gasteiger partial charge on any atom is -0.298 e. The van der Waals surface area contributed by atoms with Crippen LogP contribution in [0.4, 0.5) is 0 Å². The lowest BCUT2D eigenvalue weighted by atomic mass is 10.1. The molecule has 0 heterocycles. The first-order chi connectivity index (χ1) is 5.43. The third-order valence-electron chi connectivity index (χ3n) is 1.54. The Bertz CT molecular complexity index is 141. The van der Waals surface area contributed by atoms with E-state index in [-0.39, 0.29) is 5.25 Å². The molecule has 0 saturated heterocycles. The van der Waals surface area contributed by atoms with Crippen LogP contribution in [0.3, 0.4) is 0 Å². The number of hydrogen-bond acceptors (Lipinski definition) is 2. The van der Waals surface area contributed by atoms with Crippen molar-refractivity contribution in [1.82, 2.24) is 0 Å². The summed E-state index contributed by atoms with van der Waals surface area (Å²) in [6, 6.07) is 0. The van der Waals surface area contributed by atoms with Gasteiger partial charge in [0.25, 0.3) is 0 Å². The van der Waals surface area contributed by atoms with E-state index in [9.17, 15) is 4.79 Å². The van der Waals surface area contributed by atoms with Crippen LogP contribution >= 0.6 is 11.8 Å². The molecule has 0 spiro atoms. The summed E-state index contributed by atoms with van der Waals surface area (Å²) in [7, 11) is 0. The van der Waals surface area contributed by atoms with Gasteiger partial charge in [0.2, 0.25) is 0 Å². The van der Waals surface area contributed by atoms with E-state index in [1.807, 2.05) is 6.92 Å². The average molecular weight is 188 g/mol. The molecule has 0 N–H and O–H groups in total. The molecule has 0 rings (SSSR count). The highest BCUT2D eigenvalue weighted by atomic mass is 32.2. The van der Waals surface area contributed by atoms with E-state index in [1.54, 1.807) is 11.8 Å². The van der Waals surface area contributed by atoms with Gasteiger partial charge in [-0.25, -0.2) is 0 Å². The third-order valence-corrected chi connectivity index (χ3v) is 2.75. The third kappa shape index (κ3) is 5.64. The Morgan fingerprint density at radius 2 is 1.67 bits per heavy atom. The summed E-state index contributed by atoms with van der Waals surface area (Å²) in [5.41, 5.74) is 0. The minimum absolute atomic E-state index is 0.174. The Morgan fingerprint density at radius 1 is 1.17 bits per heavy atom. The number of Topliss-reactive ketones (excluding diaryl/α,β-unsaturated/α-hetero) is 1. The average Bonchev–Trinajstić information content (AvgIpc) is 1.84. The zero-order chi connectivity index (χ0) is 9.72. The van der Waals surface area contributed by atoms with Crippen LogP contribution in [-0.2, 0) is 4.79 Å². The summed E-state index contributed by atoms with van der Waals surface area (Å²) in [6.45, 7) is 10.4. The zero-order valence-corrected chi connectivity index (χ0v) is 9.57. The van der Waals surface area contributed by atoms with Crippen LogP contribution in [0.1, 0.15) is 41.0 Å². The van der Waals surface area contributed by atoms with Gasteiger partial charge < -0.3 is 0 Å². The fourth-order valence-corrected chi connectivity index (χ4v) is 2.12. The molecule has 0 bridgehead atoms. The van der Waals surface area contributed by atoms with Gasteiger partial charge >= 0.3 is 0 Å². The Kier molecular flexibility index (Phi) is 5.64. The summed E-state index contributed by atoms with van der Waals surface area (Å²) >= 11 is 1.75. The number of rotatable bonds is 5. The van der Waals surface area contributed by atoms with Crippen molar-refractivity contribution in [3.8, 4) is 0 Å². The van der Waals surface area contributed by atoms with Gasteiger partial charge in [0.1, 0.15) is 5.78 Å². The topological polar surface area (TPSA) is 17.1 Å². The molecule has 0 aromatic heterocycles. The van der Waals surface area contributed by atoms with Crippen LogP contribution in [0.5, 0.6) is 0 Å². The van der Waals surface area contributed by atoms with E-state index < -0.39 is 0 Å². The summed E-state index contributed by atoms with van der Waals surface area (Å²) in [6.07, 6.45) is 0.723. The molecule has 0 fully saturated rings. The molecule has 0 aromatic rings. The van der Waals surface area contributed by atoms with Gasteiger partial charge in [0, 0.05) is 6.42 Å². The summed E-state index contributed by atoms with van der Waals surface area (Å²) in [5.74, 6) is 0.886. The van der Waals surface area contributed by atoms with E-state index in [0.29, 0.717) is 17.0 Å². The molecule has 2 heteroatoms. The molecular weight excluding hydrogens is 168 g/mol. The number of ketones is 1. The number of thioether (sulfide) groups is 1. The molecule has 1 unspecified atom stereocenters. The first-order valence-corrected chi connectivity index (χ1v) is 5.56. The summed E-state index contributed by atoms with van der Waals surface area (Å²) < 4.78 is 0. The predicted octanol–water partition coefficient (Wildman–Crippen LogP) is 3.13. The monoisotopic (exact) mass is 188 g/mol. The zero-order valence-electron chi connectivity index (χ0n) is 8.76. The van der Waals surface area contributed by atoms with Crippen molar-refractivity contribution in [3.05, 3.63) is 0 Å². The van der Waals surface area contributed by atoms with Gasteiger partial charge in [-0.2, -0.15) is 0 Å². The lowest BCUT2D eigenvalue weighted by molar-refractivity contribution is -0.118. The molecule has 12 heavy (non-hydrogen) atoms. The smallest absolute Gasteiger partial charge is 0.145 e. The Morgan fingerprint density at radius 3 is 2.00 bits per heavy atom. The van der Waals surface area contributed by atoms with Crippen LogP contribution in [0.2, 0.25) is 0 Å². The SMILES string of the molecule is CC(C)CC(=O)C(C)SC(C)C. The first-order valence-electron chi connectivity index (χ1n) is 4.61. The Hall–Kier alpha value is 0.0200. The maximum absolute atomic E-state index is 11.5. The largest absolute Gasteiger partial charge is 0.298 e. The normalized spacial score (nSPS) is 13.9. The van der Waals surface area contributed by atoms with Crippen molar-refractivity contribution in [1.29, 1.82) is 0 Å². The molecular formula is C10H20OS. The Labute approximate surface area is 80.3 Å². The fourth-order valence-electron chi connectivity index (χ4n) is 1.05. The summed E-state index contributed by atoms with van der Waals surface area (Å²) in [5, 5.41) is 0.725. The van der Waals surface area contributed by atoms with E-state index in [0.717, 1.165) is 6.42 Å². The first kappa shape index (κ1) is 12.0. The highest BCUT2D eigenvalue weighted by molar-refractivity contribution is 8.01. The number of carbonyl (C=O) groups is 1. The lowest BCUT2D eigenvalue weighted by Crippen LogP contribution is -2.17. The maximum atomic E-state index is 11.5. The maximum Gasteiger partial charge on any atom is 0.145 e. The van der Waals surface area contributed by atoms with Crippen LogP contribution < -0.4 is 0 Å². The van der Waals surface area contributed by atoms with Crippen molar-refractivity contribution in [2.24, 2.45) is 5.92 Å². The lowest BCUT2D eigenvalue weighted by Gasteiger charge is -2.13. The minimum atomic E-state index is 0.174. The van der Waals surface area contributed by atoms with Crippen LogP contribution in [0, 0.1) is 5.92 Å². The van der Waals surface area contributed by atoms with Crippen molar-refractivity contribution in [2.75, 3.05) is 0 Å². The molecule has 0 aliphatic carbocycles. The molecule has 0 aromatic carbocycles. The highest BCUT2D eigenvalue weighted by Crippen LogP contribution is 2.19. The van der Waals surface area contributed by atoms with E-state index in [2.05, 4.69) is 27.7 Å². The van der Waals surface area contributed by atoms with Gasteiger partial charge in [-0.15, -0.1) is 11.8 Å². The molecule has 72 valence electrons. The van der Waals surface area contributed by atoms with Crippen LogP contribution in [0.25, 0.3) is 0 Å². The fraction of sp³-hybridized carbons (Fsp3) is 0.900. The number of carbonyl (C=O) groups excluding carboxylic acids is 1. The van der Waals surface area contributed by atoms with Gasteiger partial charge in [-0.3, -0.25) is 4.79 Å². The van der Waals surface area contributed by atoms with Gasteiger partial charge in [0.15, 0.2) is 0 Å². The van der Waals surface area contributed by atoms with E-state index >= 15 is 0 Å².